The Bertz CT molecular complexity index is 1030. The monoisotopic (exact) mass is 389 g/mol. The number of nitrogens with one attached hydrogen (secondary N) is 1. The topological polar surface area (TPSA) is 98.5 Å². The first-order chi connectivity index (χ1) is 13.3. The fourth-order valence-electron chi connectivity index (χ4n) is 2.67. The minimum Gasteiger partial charge on any atom is -0.319 e. The lowest BCUT2D eigenvalue weighted by Crippen LogP contribution is -2.15. The summed E-state index contributed by atoms with van der Waals surface area (Å²) in [5.74, 6) is -0.408. The van der Waals surface area contributed by atoms with E-state index in [1.54, 1.807) is 6.92 Å². The Morgan fingerprint density at radius 3 is 2.50 bits per heavy atom. The second kappa shape index (κ2) is 6.66. The maximum Gasteiger partial charge on any atom is 0.435 e. The number of aryl methyl sites for hydroxylation is 1. The van der Waals surface area contributed by atoms with Gasteiger partial charge < -0.3 is 5.32 Å². The molecule has 3 aromatic heterocycles. The molecule has 0 radical (unpaired) electrons. The van der Waals surface area contributed by atoms with Crippen molar-refractivity contribution in [3.05, 3.63) is 53.6 Å². The van der Waals surface area contributed by atoms with E-state index in [2.05, 4.69) is 30.4 Å². The van der Waals surface area contributed by atoms with Gasteiger partial charge in [-0.3, -0.25) is 4.79 Å². The second-order valence-corrected chi connectivity index (χ2v) is 6.39. The molecule has 1 saturated carbocycles. The van der Waals surface area contributed by atoms with Crippen LogP contribution in [0, 0.1) is 6.92 Å². The molecule has 4 rings (SSSR count). The Kier molecular flexibility index (Phi) is 4.28. The molecule has 0 aliphatic heterocycles. The summed E-state index contributed by atoms with van der Waals surface area (Å²) < 4.78 is 40.1. The molecule has 1 fully saturated rings. The third-order valence-corrected chi connectivity index (χ3v) is 4.26. The molecule has 1 amide bonds. The van der Waals surface area contributed by atoms with Crippen molar-refractivity contribution in [1.82, 2.24) is 29.7 Å². The van der Waals surface area contributed by atoms with Crippen LogP contribution >= 0.6 is 0 Å². The predicted molar refractivity (Wildman–Crippen MR) is 90.9 cm³/mol. The molecule has 0 unspecified atom stereocenters. The Labute approximate surface area is 156 Å². The first-order valence-electron chi connectivity index (χ1n) is 8.40. The highest BCUT2D eigenvalue weighted by Crippen LogP contribution is 2.42. The number of anilines is 1. The number of nitrogens with zero attached hydrogens (tertiary/aromatic N) is 6. The third kappa shape index (κ3) is 3.55. The van der Waals surface area contributed by atoms with Crippen LogP contribution in [0.3, 0.4) is 0 Å². The smallest absolute Gasteiger partial charge is 0.319 e. The number of halogens is 3. The molecule has 1 aliphatic carbocycles. The fraction of sp³-hybridized carbons (Fsp3) is 0.294. The van der Waals surface area contributed by atoms with Crippen molar-refractivity contribution in [1.29, 1.82) is 0 Å². The van der Waals surface area contributed by atoms with Gasteiger partial charge in [-0.25, -0.2) is 24.6 Å². The van der Waals surface area contributed by atoms with Crippen LogP contribution in [-0.2, 0) is 6.18 Å². The lowest BCUT2D eigenvalue weighted by molar-refractivity contribution is -0.141. The van der Waals surface area contributed by atoms with Gasteiger partial charge in [-0.1, -0.05) is 0 Å². The van der Waals surface area contributed by atoms with Crippen molar-refractivity contribution in [3.63, 3.8) is 0 Å². The van der Waals surface area contributed by atoms with Crippen LogP contribution in [0.15, 0.2) is 31.0 Å². The molecule has 144 valence electrons. The summed E-state index contributed by atoms with van der Waals surface area (Å²) in [6.07, 6.45) is 2.40. The van der Waals surface area contributed by atoms with Gasteiger partial charge in [0.15, 0.2) is 5.69 Å². The first-order valence-corrected chi connectivity index (χ1v) is 8.40. The number of amides is 1. The van der Waals surface area contributed by atoms with Gasteiger partial charge in [0.05, 0.1) is 35.0 Å². The molecular formula is C17H14F3N7O. The molecule has 0 saturated heterocycles. The van der Waals surface area contributed by atoms with Crippen LogP contribution < -0.4 is 5.32 Å². The quantitative estimate of drug-likeness (QED) is 0.737. The largest absolute Gasteiger partial charge is 0.435 e. The van der Waals surface area contributed by atoms with Crippen molar-refractivity contribution >= 4 is 11.6 Å². The van der Waals surface area contributed by atoms with Crippen molar-refractivity contribution < 1.29 is 18.0 Å². The minimum atomic E-state index is -4.54. The molecular weight excluding hydrogens is 375 g/mol. The number of alkyl halides is 3. The standard InChI is InChI=1S/C17H14F3N7O/c1-9-12(7-21-8-24-9)15(28)25-11-5-22-16(23-6-11)27-13(10-2-3-10)4-14(26-27)17(18,19)20/h4-8,10H,2-3H2,1H3,(H,25,28). The molecule has 0 atom stereocenters. The Morgan fingerprint density at radius 2 is 1.89 bits per heavy atom. The summed E-state index contributed by atoms with van der Waals surface area (Å²) in [4.78, 5) is 28.1. The van der Waals surface area contributed by atoms with Crippen LogP contribution in [0.25, 0.3) is 5.95 Å². The van der Waals surface area contributed by atoms with E-state index in [1.165, 1.54) is 24.9 Å². The van der Waals surface area contributed by atoms with Gasteiger partial charge in [-0.2, -0.15) is 18.3 Å². The van der Waals surface area contributed by atoms with Gasteiger partial charge in [-0.05, 0) is 25.8 Å². The van der Waals surface area contributed by atoms with Crippen LogP contribution in [-0.4, -0.2) is 35.6 Å². The molecule has 0 bridgehead atoms. The van der Waals surface area contributed by atoms with E-state index in [1.807, 2.05) is 0 Å². The second-order valence-electron chi connectivity index (χ2n) is 6.39. The summed E-state index contributed by atoms with van der Waals surface area (Å²) in [6.45, 7) is 1.67. The fourth-order valence-corrected chi connectivity index (χ4v) is 2.67. The summed E-state index contributed by atoms with van der Waals surface area (Å²) in [7, 11) is 0. The Morgan fingerprint density at radius 1 is 1.18 bits per heavy atom. The number of aromatic nitrogens is 6. The SMILES string of the molecule is Cc1ncncc1C(=O)Nc1cnc(-n2nc(C(F)(F)F)cc2C2CC2)nc1. The van der Waals surface area contributed by atoms with Crippen molar-refractivity contribution in [2.45, 2.75) is 31.9 Å². The van der Waals surface area contributed by atoms with E-state index in [9.17, 15) is 18.0 Å². The van der Waals surface area contributed by atoms with Gasteiger partial charge in [0.2, 0.25) is 0 Å². The van der Waals surface area contributed by atoms with E-state index >= 15 is 0 Å². The normalized spacial score (nSPS) is 14.1. The number of carbonyl (C=O) groups is 1. The number of rotatable bonds is 4. The summed E-state index contributed by atoms with van der Waals surface area (Å²) in [6, 6.07) is 1.04. The number of carbonyl (C=O) groups excluding carboxylic acids is 1. The summed E-state index contributed by atoms with van der Waals surface area (Å²) in [5, 5.41) is 6.23. The maximum atomic E-state index is 13.0. The van der Waals surface area contributed by atoms with Gasteiger partial charge in [0, 0.05) is 12.1 Å². The molecule has 1 aliphatic rings. The highest BCUT2D eigenvalue weighted by molar-refractivity contribution is 6.04. The summed E-state index contributed by atoms with van der Waals surface area (Å²) >= 11 is 0. The average molecular weight is 389 g/mol. The Hall–Kier alpha value is -3.37. The Balaban J connectivity index is 1.58. The minimum absolute atomic E-state index is 0.00891. The van der Waals surface area contributed by atoms with Crippen molar-refractivity contribution in [3.8, 4) is 5.95 Å². The molecule has 28 heavy (non-hydrogen) atoms. The zero-order valence-electron chi connectivity index (χ0n) is 14.6. The van der Waals surface area contributed by atoms with E-state index in [0.29, 0.717) is 17.0 Å². The molecule has 3 heterocycles. The molecule has 0 aromatic carbocycles. The molecule has 3 aromatic rings. The number of hydrogen-bond donors (Lipinski definition) is 1. The average Bonchev–Trinajstić information content (AvgIpc) is 3.39. The zero-order valence-corrected chi connectivity index (χ0v) is 14.6. The van der Waals surface area contributed by atoms with E-state index in [4.69, 9.17) is 0 Å². The van der Waals surface area contributed by atoms with Crippen LogP contribution in [0.1, 0.15) is 46.2 Å². The number of hydrogen-bond acceptors (Lipinski definition) is 6. The van der Waals surface area contributed by atoms with Gasteiger partial charge in [-0.15, -0.1) is 0 Å². The molecule has 1 N–H and O–H groups in total. The van der Waals surface area contributed by atoms with Crippen LogP contribution in [0.5, 0.6) is 0 Å². The first kappa shape index (κ1) is 18.0. The molecule has 0 spiro atoms. The molecule has 11 heteroatoms. The van der Waals surface area contributed by atoms with Crippen molar-refractivity contribution in [2.24, 2.45) is 0 Å². The van der Waals surface area contributed by atoms with E-state index in [0.717, 1.165) is 23.6 Å². The molecule has 8 nitrogen and oxygen atoms in total. The van der Waals surface area contributed by atoms with Crippen molar-refractivity contribution in [2.75, 3.05) is 5.32 Å². The lowest BCUT2D eigenvalue weighted by atomic mass is 10.2. The highest BCUT2D eigenvalue weighted by Gasteiger charge is 2.38. The predicted octanol–water partition coefficient (Wildman–Crippen LogP) is 2.91. The van der Waals surface area contributed by atoms with Gasteiger partial charge in [0.1, 0.15) is 6.33 Å². The summed E-state index contributed by atoms with van der Waals surface area (Å²) in [5.41, 5.74) is 0.545. The maximum absolute atomic E-state index is 13.0. The lowest BCUT2D eigenvalue weighted by Gasteiger charge is -2.08. The van der Waals surface area contributed by atoms with E-state index in [-0.39, 0.29) is 17.6 Å². The van der Waals surface area contributed by atoms with Gasteiger partial charge >= 0.3 is 6.18 Å². The van der Waals surface area contributed by atoms with E-state index < -0.39 is 17.8 Å². The highest BCUT2D eigenvalue weighted by atomic mass is 19.4. The van der Waals surface area contributed by atoms with Crippen LogP contribution in [0.4, 0.5) is 18.9 Å². The third-order valence-electron chi connectivity index (χ3n) is 4.26. The van der Waals surface area contributed by atoms with Gasteiger partial charge in [0.25, 0.3) is 11.9 Å². The zero-order chi connectivity index (χ0) is 19.9. The van der Waals surface area contributed by atoms with Crippen LogP contribution in [0.2, 0.25) is 0 Å².